The number of hydrogen-bond acceptors (Lipinski definition) is 5. The Morgan fingerprint density at radius 1 is 0.926 bits per heavy atom. The summed E-state index contributed by atoms with van der Waals surface area (Å²) in [6.45, 7) is 4.02. The molecule has 1 heterocycles. The number of fused-ring (bicyclic) bond motifs is 1. The Balaban J connectivity index is 1.60. The molecule has 27 heavy (non-hydrogen) atoms. The van der Waals surface area contributed by atoms with E-state index < -0.39 is 10.0 Å². The Hall–Kier alpha value is -2.84. The van der Waals surface area contributed by atoms with Crippen LogP contribution in [0.4, 0.5) is 0 Å². The summed E-state index contributed by atoms with van der Waals surface area (Å²) in [7, 11) is -3.58. The number of amides is 1. The van der Waals surface area contributed by atoms with E-state index in [1.807, 2.05) is 13.8 Å². The maximum absolute atomic E-state index is 12.3. The topological polar surface area (TPSA) is 101 Å². The van der Waals surface area contributed by atoms with E-state index in [1.54, 1.807) is 36.4 Å². The van der Waals surface area contributed by atoms with Crippen molar-refractivity contribution in [3.63, 3.8) is 0 Å². The number of carbonyl (C=O) groups is 1. The van der Waals surface area contributed by atoms with Crippen molar-refractivity contribution < 1.29 is 13.2 Å². The SMILES string of the molecule is Cc1nc2ccc(C(=O)NCCNS(=O)(=O)c3ccccc3)cc2nc1C. The molecule has 2 aromatic carbocycles. The average Bonchev–Trinajstić information content (AvgIpc) is 2.66. The Labute approximate surface area is 157 Å². The van der Waals surface area contributed by atoms with Crippen LogP contribution in [-0.2, 0) is 10.0 Å². The van der Waals surface area contributed by atoms with E-state index in [0.717, 1.165) is 16.9 Å². The Bertz CT molecular complexity index is 1080. The predicted molar refractivity (Wildman–Crippen MR) is 103 cm³/mol. The van der Waals surface area contributed by atoms with Gasteiger partial charge in [-0.05, 0) is 44.2 Å². The molecule has 3 rings (SSSR count). The van der Waals surface area contributed by atoms with E-state index in [4.69, 9.17) is 0 Å². The molecule has 1 aromatic heterocycles. The number of rotatable bonds is 6. The molecule has 0 bridgehead atoms. The summed E-state index contributed by atoms with van der Waals surface area (Å²) in [5.41, 5.74) is 3.49. The van der Waals surface area contributed by atoms with Gasteiger partial charge in [0.05, 0.1) is 27.3 Å². The van der Waals surface area contributed by atoms with Crippen LogP contribution in [0.1, 0.15) is 21.7 Å². The highest BCUT2D eigenvalue weighted by Crippen LogP contribution is 2.14. The second kappa shape index (κ2) is 7.81. The fraction of sp³-hybridized carbons (Fsp3) is 0.211. The highest BCUT2D eigenvalue weighted by atomic mass is 32.2. The van der Waals surface area contributed by atoms with Crippen molar-refractivity contribution in [2.75, 3.05) is 13.1 Å². The Kier molecular flexibility index (Phi) is 5.48. The number of benzene rings is 2. The summed E-state index contributed by atoms with van der Waals surface area (Å²) >= 11 is 0. The minimum absolute atomic E-state index is 0.0919. The Morgan fingerprint density at radius 2 is 1.59 bits per heavy atom. The monoisotopic (exact) mass is 384 g/mol. The molecular formula is C19H20N4O3S. The molecule has 0 saturated heterocycles. The molecule has 0 spiro atoms. The van der Waals surface area contributed by atoms with Gasteiger partial charge in [-0.15, -0.1) is 0 Å². The first kappa shape index (κ1) is 18.9. The number of aromatic nitrogens is 2. The van der Waals surface area contributed by atoms with Crippen molar-refractivity contribution in [1.29, 1.82) is 0 Å². The van der Waals surface area contributed by atoms with Gasteiger partial charge in [-0.2, -0.15) is 0 Å². The number of sulfonamides is 1. The third-order valence-corrected chi connectivity index (χ3v) is 5.57. The minimum Gasteiger partial charge on any atom is -0.351 e. The standard InChI is InChI=1S/C19H20N4O3S/c1-13-14(2)23-18-12-15(8-9-17(18)22-13)19(24)20-10-11-21-27(25,26)16-6-4-3-5-7-16/h3-9,12,21H,10-11H2,1-2H3,(H,20,24). The quantitative estimate of drug-likeness (QED) is 0.633. The summed E-state index contributed by atoms with van der Waals surface area (Å²) in [6.07, 6.45) is 0. The van der Waals surface area contributed by atoms with Gasteiger partial charge < -0.3 is 5.32 Å². The van der Waals surface area contributed by atoms with Crippen LogP contribution in [0.25, 0.3) is 11.0 Å². The predicted octanol–water partition coefficient (Wildman–Crippen LogP) is 1.95. The normalized spacial score (nSPS) is 11.5. The third-order valence-electron chi connectivity index (χ3n) is 4.09. The lowest BCUT2D eigenvalue weighted by Crippen LogP contribution is -2.34. The molecule has 0 saturated carbocycles. The van der Waals surface area contributed by atoms with Gasteiger partial charge in [-0.3, -0.25) is 4.79 Å². The van der Waals surface area contributed by atoms with Crippen LogP contribution in [0.3, 0.4) is 0 Å². The lowest BCUT2D eigenvalue weighted by molar-refractivity contribution is 0.0954. The maximum Gasteiger partial charge on any atom is 0.251 e. The second-order valence-corrected chi connectivity index (χ2v) is 7.83. The van der Waals surface area contributed by atoms with E-state index in [9.17, 15) is 13.2 Å². The van der Waals surface area contributed by atoms with Crippen LogP contribution in [0.15, 0.2) is 53.4 Å². The first-order chi connectivity index (χ1) is 12.9. The largest absolute Gasteiger partial charge is 0.351 e. The smallest absolute Gasteiger partial charge is 0.251 e. The highest BCUT2D eigenvalue weighted by Gasteiger charge is 2.13. The van der Waals surface area contributed by atoms with Gasteiger partial charge in [0.15, 0.2) is 0 Å². The van der Waals surface area contributed by atoms with E-state index in [0.29, 0.717) is 11.1 Å². The molecule has 0 unspecified atom stereocenters. The lowest BCUT2D eigenvalue weighted by atomic mass is 10.1. The molecular weight excluding hydrogens is 364 g/mol. The lowest BCUT2D eigenvalue weighted by Gasteiger charge is -2.09. The van der Waals surface area contributed by atoms with Crippen LogP contribution in [0.5, 0.6) is 0 Å². The van der Waals surface area contributed by atoms with Crippen LogP contribution >= 0.6 is 0 Å². The fourth-order valence-corrected chi connectivity index (χ4v) is 3.57. The summed E-state index contributed by atoms with van der Waals surface area (Å²) in [4.78, 5) is 21.4. The van der Waals surface area contributed by atoms with Gasteiger partial charge in [-0.25, -0.2) is 23.1 Å². The summed E-state index contributed by atoms with van der Waals surface area (Å²) in [6, 6.07) is 13.2. The van der Waals surface area contributed by atoms with Crippen LogP contribution in [0, 0.1) is 13.8 Å². The summed E-state index contributed by atoms with van der Waals surface area (Å²) < 4.78 is 26.7. The molecule has 0 fully saturated rings. The number of nitrogens with zero attached hydrogens (tertiary/aromatic N) is 2. The number of aryl methyl sites for hydroxylation is 2. The van der Waals surface area contributed by atoms with Gasteiger partial charge >= 0.3 is 0 Å². The van der Waals surface area contributed by atoms with Crippen molar-refractivity contribution >= 4 is 27.0 Å². The van der Waals surface area contributed by atoms with E-state index in [-0.39, 0.29) is 23.9 Å². The molecule has 1 amide bonds. The number of nitrogens with one attached hydrogen (secondary N) is 2. The number of hydrogen-bond donors (Lipinski definition) is 2. The molecule has 0 aliphatic rings. The highest BCUT2D eigenvalue weighted by molar-refractivity contribution is 7.89. The van der Waals surface area contributed by atoms with Crippen molar-refractivity contribution in [2.45, 2.75) is 18.7 Å². The first-order valence-corrected chi connectivity index (χ1v) is 9.93. The van der Waals surface area contributed by atoms with Crippen LogP contribution < -0.4 is 10.0 Å². The van der Waals surface area contributed by atoms with E-state index in [2.05, 4.69) is 20.0 Å². The van der Waals surface area contributed by atoms with Crippen molar-refractivity contribution in [3.8, 4) is 0 Å². The number of carbonyl (C=O) groups excluding carboxylic acids is 1. The van der Waals surface area contributed by atoms with Crippen LogP contribution in [0.2, 0.25) is 0 Å². The van der Waals surface area contributed by atoms with E-state index >= 15 is 0 Å². The average molecular weight is 384 g/mol. The summed E-state index contributed by atoms with van der Waals surface area (Å²) in [5.74, 6) is -0.296. The molecule has 7 nitrogen and oxygen atoms in total. The molecule has 0 atom stereocenters. The second-order valence-electron chi connectivity index (χ2n) is 6.06. The third kappa shape index (κ3) is 4.47. The zero-order valence-electron chi connectivity index (χ0n) is 15.1. The van der Waals surface area contributed by atoms with Gasteiger partial charge in [0, 0.05) is 18.7 Å². The zero-order valence-corrected chi connectivity index (χ0v) is 15.9. The van der Waals surface area contributed by atoms with Gasteiger partial charge in [0.25, 0.3) is 5.91 Å². The molecule has 0 aliphatic heterocycles. The molecule has 2 N–H and O–H groups in total. The van der Waals surface area contributed by atoms with Gasteiger partial charge in [0.2, 0.25) is 10.0 Å². The molecule has 3 aromatic rings. The molecule has 0 aliphatic carbocycles. The first-order valence-electron chi connectivity index (χ1n) is 8.45. The Morgan fingerprint density at radius 3 is 2.30 bits per heavy atom. The molecule has 0 radical (unpaired) electrons. The maximum atomic E-state index is 12.3. The van der Waals surface area contributed by atoms with Crippen LogP contribution in [-0.4, -0.2) is 37.4 Å². The molecule has 140 valence electrons. The van der Waals surface area contributed by atoms with Gasteiger partial charge in [-0.1, -0.05) is 18.2 Å². The van der Waals surface area contributed by atoms with Gasteiger partial charge in [0.1, 0.15) is 0 Å². The summed E-state index contributed by atoms with van der Waals surface area (Å²) in [5, 5.41) is 2.70. The minimum atomic E-state index is -3.58. The fourth-order valence-electron chi connectivity index (χ4n) is 2.52. The molecule has 8 heteroatoms. The zero-order chi connectivity index (χ0) is 19.4. The van der Waals surface area contributed by atoms with Crippen molar-refractivity contribution in [2.24, 2.45) is 0 Å². The van der Waals surface area contributed by atoms with Crippen molar-refractivity contribution in [1.82, 2.24) is 20.0 Å². The van der Waals surface area contributed by atoms with E-state index in [1.165, 1.54) is 12.1 Å². The van der Waals surface area contributed by atoms with Crippen molar-refractivity contribution in [3.05, 3.63) is 65.5 Å².